The quantitative estimate of drug-likeness (QED) is 0.569. The Balaban J connectivity index is 3.37. The molecule has 0 bridgehead atoms. The predicted molar refractivity (Wildman–Crippen MR) is 49.7 cm³/mol. The Kier molecular flexibility index (Phi) is 3.10. The molecule has 0 saturated heterocycles. The number of rotatable bonds is 1. The number of carbonyl (C=O) groups excluding carboxylic acids is 1. The minimum atomic E-state index is -0.704. The molecular weight excluding hydrogens is 205 g/mol. The van der Waals surface area contributed by atoms with Gasteiger partial charge in [0.1, 0.15) is 17.4 Å². The molecule has 0 N–H and O–H groups in total. The molecule has 0 aromatic heterocycles. The van der Waals surface area contributed by atoms with Crippen molar-refractivity contribution in [3.63, 3.8) is 0 Å². The van der Waals surface area contributed by atoms with E-state index in [2.05, 4.69) is 17.4 Å². The molecule has 0 fully saturated rings. The average molecular weight is 211 g/mol. The highest BCUT2D eigenvalue weighted by Gasteiger charge is 2.15. The standard InChI is InChI=1S/C9H6FNO2S/c1-13-9(12)5-2-3-7(10)6(4-11)8(5)14/h2-3,14H,1H3. The lowest BCUT2D eigenvalue weighted by Gasteiger charge is -2.04. The van der Waals surface area contributed by atoms with Gasteiger partial charge in [-0.3, -0.25) is 0 Å². The lowest BCUT2D eigenvalue weighted by atomic mass is 10.1. The van der Waals surface area contributed by atoms with Crippen molar-refractivity contribution in [3.8, 4) is 6.07 Å². The van der Waals surface area contributed by atoms with E-state index in [1.807, 2.05) is 0 Å². The summed E-state index contributed by atoms with van der Waals surface area (Å²) in [6, 6.07) is 3.88. The molecule has 0 atom stereocenters. The van der Waals surface area contributed by atoms with Crippen molar-refractivity contribution in [2.24, 2.45) is 0 Å². The van der Waals surface area contributed by atoms with Crippen LogP contribution in [0.2, 0.25) is 0 Å². The minimum absolute atomic E-state index is 0.000602. The second-order valence-electron chi connectivity index (χ2n) is 2.42. The zero-order chi connectivity index (χ0) is 10.7. The van der Waals surface area contributed by atoms with Crippen LogP contribution in [0.15, 0.2) is 17.0 Å². The number of thiol groups is 1. The molecule has 0 heterocycles. The lowest BCUT2D eigenvalue weighted by Crippen LogP contribution is -2.04. The lowest BCUT2D eigenvalue weighted by molar-refractivity contribution is 0.0596. The Morgan fingerprint density at radius 2 is 2.29 bits per heavy atom. The normalized spacial score (nSPS) is 9.29. The Hall–Kier alpha value is -1.54. The number of benzene rings is 1. The van der Waals surface area contributed by atoms with Crippen LogP contribution >= 0.6 is 12.6 Å². The number of esters is 1. The van der Waals surface area contributed by atoms with Crippen LogP contribution in [0.25, 0.3) is 0 Å². The molecule has 0 aliphatic rings. The van der Waals surface area contributed by atoms with Gasteiger partial charge in [0.25, 0.3) is 0 Å². The molecule has 0 saturated carbocycles. The molecule has 72 valence electrons. The molecule has 0 spiro atoms. The van der Waals surface area contributed by atoms with Gasteiger partial charge in [-0.05, 0) is 12.1 Å². The summed E-state index contributed by atoms with van der Waals surface area (Å²) in [6.45, 7) is 0. The van der Waals surface area contributed by atoms with Gasteiger partial charge in [0.05, 0.1) is 12.7 Å². The summed E-state index contributed by atoms with van der Waals surface area (Å²) < 4.78 is 17.4. The highest BCUT2D eigenvalue weighted by Crippen LogP contribution is 2.21. The van der Waals surface area contributed by atoms with E-state index in [0.717, 1.165) is 6.07 Å². The summed E-state index contributed by atoms with van der Waals surface area (Å²) in [5.74, 6) is -1.35. The zero-order valence-corrected chi connectivity index (χ0v) is 8.14. The van der Waals surface area contributed by atoms with Gasteiger partial charge in [0.2, 0.25) is 0 Å². The molecule has 5 heteroatoms. The van der Waals surface area contributed by atoms with E-state index in [-0.39, 0.29) is 16.0 Å². The summed E-state index contributed by atoms with van der Waals surface area (Å²) >= 11 is 3.89. The third-order valence-electron chi connectivity index (χ3n) is 1.64. The van der Waals surface area contributed by atoms with Crippen molar-refractivity contribution in [2.45, 2.75) is 4.90 Å². The first-order chi connectivity index (χ1) is 6.61. The van der Waals surface area contributed by atoms with Crippen LogP contribution in [0, 0.1) is 17.1 Å². The fraction of sp³-hybridized carbons (Fsp3) is 0.111. The van der Waals surface area contributed by atoms with Gasteiger partial charge in [0, 0.05) is 4.90 Å². The molecule has 1 aromatic carbocycles. The first-order valence-corrected chi connectivity index (χ1v) is 4.06. The molecule has 0 amide bonds. The summed E-state index contributed by atoms with van der Waals surface area (Å²) in [7, 11) is 1.20. The topological polar surface area (TPSA) is 50.1 Å². The molecule has 0 aliphatic carbocycles. The van der Waals surface area contributed by atoms with Crippen LogP contribution in [-0.4, -0.2) is 13.1 Å². The molecule has 0 radical (unpaired) electrons. The number of methoxy groups -OCH3 is 1. The van der Waals surface area contributed by atoms with Gasteiger partial charge in [-0.25, -0.2) is 9.18 Å². The van der Waals surface area contributed by atoms with E-state index in [0.29, 0.717) is 0 Å². The maximum absolute atomic E-state index is 13.0. The van der Waals surface area contributed by atoms with Crippen LogP contribution in [0.5, 0.6) is 0 Å². The summed E-state index contributed by atoms with van der Waals surface area (Å²) in [6.07, 6.45) is 0. The summed E-state index contributed by atoms with van der Waals surface area (Å²) in [4.78, 5) is 11.1. The predicted octanol–water partition coefficient (Wildman–Crippen LogP) is 1.77. The smallest absolute Gasteiger partial charge is 0.339 e. The fourth-order valence-electron chi connectivity index (χ4n) is 0.948. The van der Waals surface area contributed by atoms with Crippen LogP contribution in [-0.2, 0) is 4.74 Å². The molecule has 0 aliphatic heterocycles. The van der Waals surface area contributed by atoms with Crippen LogP contribution in [0.3, 0.4) is 0 Å². The summed E-state index contributed by atoms with van der Waals surface area (Å²) in [5.41, 5.74) is -0.176. The monoisotopic (exact) mass is 211 g/mol. The third kappa shape index (κ3) is 1.70. The van der Waals surface area contributed by atoms with E-state index in [1.54, 1.807) is 6.07 Å². The van der Waals surface area contributed by atoms with E-state index < -0.39 is 11.8 Å². The number of hydrogen-bond donors (Lipinski definition) is 1. The maximum Gasteiger partial charge on any atom is 0.339 e. The van der Waals surface area contributed by atoms with Gasteiger partial charge in [-0.15, -0.1) is 12.6 Å². The third-order valence-corrected chi connectivity index (χ3v) is 2.11. The number of nitriles is 1. The Morgan fingerprint density at radius 1 is 1.64 bits per heavy atom. The molecular formula is C9H6FNO2S. The molecule has 1 aromatic rings. The number of nitrogens with zero attached hydrogens (tertiary/aromatic N) is 1. The van der Waals surface area contributed by atoms with Crippen molar-refractivity contribution < 1.29 is 13.9 Å². The van der Waals surface area contributed by atoms with Crippen LogP contribution in [0.1, 0.15) is 15.9 Å². The first-order valence-electron chi connectivity index (χ1n) is 3.61. The molecule has 3 nitrogen and oxygen atoms in total. The highest BCUT2D eigenvalue weighted by atomic mass is 32.1. The Morgan fingerprint density at radius 3 is 2.79 bits per heavy atom. The second kappa shape index (κ2) is 4.11. The number of halogens is 1. The Bertz CT molecular complexity index is 426. The van der Waals surface area contributed by atoms with Gasteiger partial charge in [-0.2, -0.15) is 5.26 Å². The fourth-order valence-corrected chi connectivity index (χ4v) is 1.27. The highest BCUT2D eigenvalue weighted by molar-refractivity contribution is 7.80. The molecule has 14 heavy (non-hydrogen) atoms. The number of ether oxygens (including phenoxy) is 1. The molecule has 1 rings (SSSR count). The Labute approximate surface area is 85.5 Å². The van der Waals surface area contributed by atoms with E-state index in [4.69, 9.17) is 5.26 Å². The van der Waals surface area contributed by atoms with E-state index in [9.17, 15) is 9.18 Å². The molecule has 0 unspecified atom stereocenters. The zero-order valence-electron chi connectivity index (χ0n) is 7.24. The van der Waals surface area contributed by atoms with Gasteiger partial charge in [-0.1, -0.05) is 0 Å². The van der Waals surface area contributed by atoms with Crippen molar-refractivity contribution >= 4 is 18.6 Å². The van der Waals surface area contributed by atoms with Crippen molar-refractivity contribution in [2.75, 3.05) is 7.11 Å². The van der Waals surface area contributed by atoms with E-state index in [1.165, 1.54) is 13.2 Å². The minimum Gasteiger partial charge on any atom is -0.465 e. The SMILES string of the molecule is COC(=O)c1ccc(F)c(C#N)c1S. The van der Waals surface area contributed by atoms with Crippen LogP contribution < -0.4 is 0 Å². The van der Waals surface area contributed by atoms with Crippen LogP contribution in [0.4, 0.5) is 4.39 Å². The second-order valence-corrected chi connectivity index (χ2v) is 2.87. The largest absolute Gasteiger partial charge is 0.465 e. The first kappa shape index (κ1) is 10.5. The summed E-state index contributed by atoms with van der Waals surface area (Å²) in [5, 5.41) is 8.59. The maximum atomic E-state index is 13.0. The van der Waals surface area contributed by atoms with Crippen molar-refractivity contribution in [1.29, 1.82) is 5.26 Å². The number of hydrogen-bond acceptors (Lipinski definition) is 4. The van der Waals surface area contributed by atoms with Gasteiger partial charge < -0.3 is 4.74 Å². The van der Waals surface area contributed by atoms with E-state index >= 15 is 0 Å². The average Bonchev–Trinajstić information content (AvgIpc) is 2.18. The van der Waals surface area contributed by atoms with Crippen molar-refractivity contribution in [3.05, 3.63) is 29.1 Å². The van der Waals surface area contributed by atoms with Gasteiger partial charge >= 0.3 is 5.97 Å². The van der Waals surface area contributed by atoms with Gasteiger partial charge in [0.15, 0.2) is 0 Å². The number of carbonyl (C=O) groups is 1. The van der Waals surface area contributed by atoms with Crippen molar-refractivity contribution in [1.82, 2.24) is 0 Å².